The summed E-state index contributed by atoms with van der Waals surface area (Å²) in [5, 5.41) is 0. The summed E-state index contributed by atoms with van der Waals surface area (Å²) in [6.07, 6.45) is 3.61. The van der Waals surface area contributed by atoms with E-state index in [0.717, 1.165) is 51.0 Å². The van der Waals surface area contributed by atoms with Crippen molar-refractivity contribution in [2.75, 3.05) is 51.5 Å². The van der Waals surface area contributed by atoms with Crippen LogP contribution in [0.4, 0.5) is 5.69 Å². The molecule has 3 saturated heterocycles. The van der Waals surface area contributed by atoms with Gasteiger partial charge in [-0.3, -0.25) is 4.79 Å². The Morgan fingerprint density at radius 1 is 1.06 bits per heavy atom. The minimum Gasteiger partial charge on any atom is -0.343 e. The van der Waals surface area contributed by atoms with E-state index in [9.17, 15) is 4.79 Å². The molecule has 0 aliphatic carbocycles. The first kappa shape index (κ1) is 22.6. The van der Waals surface area contributed by atoms with Gasteiger partial charge < -0.3 is 24.2 Å². The highest BCUT2D eigenvalue weighted by Crippen LogP contribution is 2.41. The van der Waals surface area contributed by atoms with Crippen LogP contribution >= 0.6 is 33.9 Å². The van der Waals surface area contributed by atoms with E-state index < -0.39 is 11.3 Å². The van der Waals surface area contributed by atoms with Crippen LogP contribution in [0.3, 0.4) is 0 Å². The van der Waals surface area contributed by atoms with Crippen LogP contribution in [0.1, 0.15) is 30.6 Å². The molecule has 0 atom stereocenters. The first-order valence-corrected chi connectivity index (χ1v) is 13.3. The normalized spacial score (nSPS) is 22.9. The summed E-state index contributed by atoms with van der Waals surface area (Å²) in [6.45, 7) is 4.86. The molecule has 6 nitrogen and oxygen atoms in total. The van der Waals surface area contributed by atoms with Crippen LogP contribution in [0, 0.1) is 2.88 Å². The number of hydrogen-bond acceptors (Lipinski definition) is 6. The Morgan fingerprint density at radius 2 is 1.78 bits per heavy atom. The summed E-state index contributed by atoms with van der Waals surface area (Å²) < 4.78 is 13.5. The number of ether oxygens (including phenoxy) is 2. The second-order valence-electron chi connectivity index (χ2n) is 8.94. The van der Waals surface area contributed by atoms with Gasteiger partial charge in [-0.1, -0.05) is 18.2 Å². The fourth-order valence-corrected chi connectivity index (χ4v) is 7.12. The highest BCUT2D eigenvalue weighted by atomic mass is 127. The summed E-state index contributed by atoms with van der Waals surface area (Å²) in [7, 11) is 1.92. The zero-order chi connectivity index (χ0) is 22.2. The number of halogens is 1. The number of thiophene rings is 1. The van der Waals surface area contributed by atoms with Gasteiger partial charge in [-0.05, 0) is 72.7 Å². The van der Waals surface area contributed by atoms with E-state index >= 15 is 0 Å². The van der Waals surface area contributed by atoms with E-state index in [1.165, 1.54) is 7.76 Å². The van der Waals surface area contributed by atoms with Gasteiger partial charge in [-0.2, -0.15) is 0 Å². The maximum Gasteiger partial charge on any atom is 0.249 e. The molecule has 3 fully saturated rings. The summed E-state index contributed by atoms with van der Waals surface area (Å²) in [5.41, 5.74) is 0.737. The smallest absolute Gasteiger partial charge is 0.249 e. The van der Waals surface area contributed by atoms with Gasteiger partial charge in [0.2, 0.25) is 11.7 Å². The molecular formula is C24H30IN3O3S. The van der Waals surface area contributed by atoms with Crippen LogP contribution < -0.4 is 4.90 Å². The van der Waals surface area contributed by atoms with Crippen molar-refractivity contribution in [2.45, 2.75) is 37.0 Å². The summed E-state index contributed by atoms with van der Waals surface area (Å²) in [6, 6.07) is 14.6. The molecular weight excluding hydrogens is 537 g/mol. The van der Waals surface area contributed by atoms with E-state index in [1.54, 1.807) is 11.3 Å². The third-order valence-electron chi connectivity index (χ3n) is 7.05. The number of amides is 1. The Morgan fingerprint density at radius 3 is 2.44 bits per heavy atom. The fraction of sp³-hybridized carbons (Fsp3) is 0.542. The van der Waals surface area contributed by atoms with Gasteiger partial charge in [0.25, 0.3) is 0 Å². The molecule has 5 rings (SSSR count). The standard InChI is InChI=1S/C24H30IN3O3S/c1-26-18-28(19-6-3-2-4-7-19)23(22(26)29)11-14-27(15-12-23)13-5-10-24(30-16-17-31-24)20-8-9-21(25)32-20/h2-4,6-9H,5,10-18H2,1H3. The molecule has 172 valence electrons. The molecule has 0 radical (unpaired) electrons. The Kier molecular flexibility index (Phi) is 6.50. The van der Waals surface area contributed by atoms with E-state index in [0.29, 0.717) is 19.9 Å². The van der Waals surface area contributed by atoms with Gasteiger partial charge in [-0.25, -0.2) is 0 Å². The third-order valence-corrected chi connectivity index (χ3v) is 9.07. The number of hydrogen-bond donors (Lipinski definition) is 0. The molecule has 1 amide bonds. The number of carbonyl (C=O) groups is 1. The zero-order valence-corrected chi connectivity index (χ0v) is 21.4. The number of nitrogens with zero attached hydrogens (tertiary/aromatic N) is 3. The number of benzene rings is 1. The lowest BCUT2D eigenvalue weighted by molar-refractivity contribution is -0.169. The van der Waals surface area contributed by atoms with Crippen molar-refractivity contribution in [3.05, 3.63) is 50.2 Å². The molecule has 0 saturated carbocycles. The number of anilines is 1. The van der Waals surface area contributed by atoms with Crippen molar-refractivity contribution in [3.63, 3.8) is 0 Å². The van der Waals surface area contributed by atoms with E-state index in [4.69, 9.17) is 9.47 Å². The van der Waals surface area contributed by atoms with Crippen LogP contribution in [-0.4, -0.2) is 67.8 Å². The molecule has 0 bridgehead atoms. The number of likely N-dealkylation sites (tertiary alicyclic amines) is 1. The lowest BCUT2D eigenvalue weighted by Crippen LogP contribution is -2.56. The van der Waals surface area contributed by atoms with Gasteiger partial charge in [0, 0.05) is 32.2 Å². The number of piperidine rings is 1. The van der Waals surface area contributed by atoms with Gasteiger partial charge in [0.05, 0.1) is 27.6 Å². The molecule has 1 aromatic carbocycles. The second kappa shape index (κ2) is 9.21. The second-order valence-corrected chi connectivity index (χ2v) is 11.9. The summed E-state index contributed by atoms with van der Waals surface area (Å²) in [4.78, 5) is 21.1. The average Bonchev–Trinajstić information content (AvgIpc) is 3.52. The largest absolute Gasteiger partial charge is 0.343 e. The van der Waals surface area contributed by atoms with Crippen molar-refractivity contribution < 1.29 is 14.3 Å². The first-order chi connectivity index (χ1) is 15.5. The lowest BCUT2D eigenvalue weighted by atomic mass is 9.85. The predicted octanol–water partition coefficient (Wildman–Crippen LogP) is 4.10. The number of carbonyl (C=O) groups excluding carboxylic acids is 1. The number of likely N-dealkylation sites (N-methyl/N-ethyl adjacent to an activating group) is 1. The monoisotopic (exact) mass is 567 g/mol. The van der Waals surface area contributed by atoms with Gasteiger partial charge in [-0.15, -0.1) is 11.3 Å². The van der Waals surface area contributed by atoms with Crippen LogP contribution in [-0.2, 0) is 20.1 Å². The molecule has 2 aromatic rings. The van der Waals surface area contributed by atoms with E-state index in [1.807, 2.05) is 18.0 Å². The van der Waals surface area contributed by atoms with Crippen LogP contribution in [0.25, 0.3) is 0 Å². The molecule has 8 heteroatoms. The first-order valence-electron chi connectivity index (χ1n) is 11.4. The van der Waals surface area contributed by atoms with Crippen LogP contribution in [0.15, 0.2) is 42.5 Å². The molecule has 1 spiro atoms. The highest BCUT2D eigenvalue weighted by Gasteiger charge is 2.52. The molecule has 3 aliphatic rings. The van der Waals surface area contributed by atoms with Gasteiger partial charge in [0.15, 0.2) is 0 Å². The van der Waals surface area contributed by atoms with Crippen molar-refractivity contribution in [3.8, 4) is 0 Å². The van der Waals surface area contributed by atoms with Crippen LogP contribution in [0.5, 0.6) is 0 Å². The highest BCUT2D eigenvalue weighted by molar-refractivity contribution is 14.1. The summed E-state index contributed by atoms with van der Waals surface area (Å²) >= 11 is 4.11. The fourth-order valence-electron chi connectivity index (χ4n) is 5.37. The molecule has 3 aliphatic heterocycles. The zero-order valence-electron chi connectivity index (χ0n) is 18.5. The van der Waals surface area contributed by atoms with Crippen molar-refractivity contribution >= 4 is 45.5 Å². The van der Waals surface area contributed by atoms with Crippen molar-refractivity contribution in [2.24, 2.45) is 0 Å². The average molecular weight is 567 g/mol. The molecule has 0 N–H and O–H groups in total. The predicted molar refractivity (Wildman–Crippen MR) is 135 cm³/mol. The Labute approximate surface area is 207 Å². The minimum atomic E-state index is -0.570. The van der Waals surface area contributed by atoms with E-state index in [2.05, 4.69) is 68.8 Å². The van der Waals surface area contributed by atoms with Gasteiger partial charge in [0.1, 0.15) is 5.54 Å². The third kappa shape index (κ3) is 4.09. The van der Waals surface area contributed by atoms with Crippen molar-refractivity contribution in [1.82, 2.24) is 9.80 Å². The minimum absolute atomic E-state index is 0.264. The quantitative estimate of drug-likeness (QED) is 0.492. The number of para-hydroxylation sites is 1. The topological polar surface area (TPSA) is 45.2 Å². The maximum absolute atomic E-state index is 13.2. The Hall–Kier alpha value is -1.20. The number of rotatable bonds is 6. The Balaban J connectivity index is 1.21. The SMILES string of the molecule is CN1CN(c2ccccc2)C2(CCN(CCCC3(c4ccc(I)s4)OCCO3)CC2)C1=O. The van der Waals surface area contributed by atoms with Gasteiger partial charge >= 0.3 is 0 Å². The Bertz CT molecular complexity index is 939. The lowest BCUT2D eigenvalue weighted by Gasteiger charge is -2.43. The van der Waals surface area contributed by atoms with Crippen LogP contribution in [0.2, 0.25) is 0 Å². The van der Waals surface area contributed by atoms with E-state index in [-0.39, 0.29) is 5.91 Å². The maximum atomic E-state index is 13.2. The molecule has 0 unspecified atom stereocenters. The molecule has 1 aromatic heterocycles. The molecule has 32 heavy (non-hydrogen) atoms. The molecule has 4 heterocycles. The van der Waals surface area contributed by atoms with Crippen molar-refractivity contribution in [1.29, 1.82) is 0 Å². The summed E-state index contributed by atoms with van der Waals surface area (Å²) in [5.74, 6) is -0.306.